The van der Waals surface area contributed by atoms with Crippen molar-refractivity contribution in [2.75, 3.05) is 20.1 Å². The van der Waals surface area contributed by atoms with Crippen molar-refractivity contribution in [3.8, 4) is 0 Å². The number of carbonyl (C=O) groups excluding carboxylic acids is 1. The number of fused-ring (bicyclic) bond motifs is 1. The molecule has 0 spiro atoms. The normalized spacial score (nSPS) is 17.3. The van der Waals surface area contributed by atoms with Gasteiger partial charge in [-0.25, -0.2) is 4.98 Å². The Balaban J connectivity index is 1.42. The van der Waals surface area contributed by atoms with E-state index in [0.717, 1.165) is 48.5 Å². The predicted molar refractivity (Wildman–Crippen MR) is 104 cm³/mol. The van der Waals surface area contributed by atoms with Crippen LogP contribution < -0.4 is 5.32 Å². The fourth-order valence-corrected chi connectivity index (χ4v) is 3.74. The Kier molecular flexibility index (Phi) is 4.94. The van der Waals surface area contributed by atoms with Crippen molar-refractivity contribution < 1.29 is 4.79 Å². The Morgan fingerprint density at radius 3 is 3.07 bits per heavy atom. The number of aryl methyl sites for hydroxylation is 1. The van der Waals surface area contributed by atoms with Gasteiger partial charge in [0.1, 0.15) is 12.4 Å². The van der Waals surface area contributed by atoms with Gasteiger partial charge in [0.15, 0.2) is 0 Å². The van der Waals surface area contributed by atoms with Crippen molar-refractivity contribution in [3.63, 3.8) is 0 Å². The molecule has 0 saturated carbocycles. The van der Waals surface area contributed by atoms with E-state index in [9.17, 15) is 4.79 Å². The molecule has 0 radical (unpaired) electrons. The highest BCUT2D eigenvalue weighted by Gasteiger charge is 2.21. The van der Waals surface area contributed by atoms with E-state index in [1.165, 1.54) is 5.56 Å². The molecule has 1 aliphatic heterocycles. The Morgan fingerprint density at radius 1 is 1.37 bits per heavy atom. The Labute approximate surface area is 158 Å². The lowest BCUT2D eigenvalue weighted by molar-refractivity contribution is -0.131. The summed E-state index contributed by atoms with van der Waals surface area (Å²) in [4.78, 5) is 22.3. The van der Waals surface area contributed by atoms with Crippen LogP contribution in [0.4, 0.5) is 0 Å². The maximum absolute atomic E-state index is 12.7. The summed E-state index contributed by atoms with van der Waals surface area (Å²) in [5.74, 6) is 1.25. The van der Waals surface area contributed by atoms with Crippen LogP contribution in [0.2, 0.25) is 0 Å². The van der Waals surface area contributed by atoms with Crippen molar-refractivity contribution in [2.45, 2.75) is 38.8 Å². The standard InChI is InChI=1S/C20H26N6O/c1-14-5-6-16-17(10-14)24-19(23-16)12-25(2)20(27)13-26-18(7-9-22-26)15-4-3-8-21-11-15/h5-7,9-10,15,21H,3-4,8,11-13H2,1-2H3,(H,23,24)/t15-/m1/s1. The first-order valence-corrected chi connectivity index (χ1v) is 9.52. The summed E-state index contributed by atoms with van der Waals surface area (Å²) < 4.78 is 1.85. The third kappa shape index (κ3) is 3.88. The van der Waals surface area contributed by atoms with Crippen molar-refractivity contribution in [1.82, 2.24) is 30.0 Å². The molecule has 0 bridgehead atoms. The number of hydrogen-bond acceptors (Lipinski definition) is 4. The number of aromatic nitrogens is 4. The van der Waals surface area contributed by atoms with Gasteiger partial charge in [0.25, 0.3) is 0 Å². The second kappa shape index (κ2) is 7.52. The minimum Gasteiger partial charge on any atom is -0.340 e. The van der Waals surface area contributed by atoms with Gasteiger partial charge < -0.3 is 15.2 Å². The van der Waals surface area contributed by atoms with Crippen LogP contribution in [0.3, 0.4) is 0 Å². The highest BCUT2D eigenvalue weighted by atomic mass is 16.2. The molecule has 1 saturated heterocycles. The van der Waals surface area contributed by atoms with Crippen LogP contribution in [0.1, 0.15) is 35.8 Å². The maximum Gasteiger partial charge on any atom is 0.244 e. The molecule has 7 nitrogen and oxygen atoms in total. The van der Waals surface area contributed by atoms with Crippen LogP contribution in [0.25, 0.3) is 11.0 Å². The number of nitrogens with zero attached hydrogens (tertiary/aromatic N) is 4. The molecule has 1 aliphatic rings. The number of rotatable bonds is 5. The molecule has 2 aromatic heterocycles. The average molecular weight is 366 g/mol. The molecule has 1 atom stereocenters. The molecule has 142 valence electrons. The monoisotopic (exact) mass is 366 g/mol. The summed E-state index contributed by atoms with van der Waals surface area (Å²) in [6, 6.07) is 8.15. The molecule has 1 aromatic carbocycles. The van der Waals surface area contributed by atoms with Crippen molar-refractivity contribution in [3.05, 3.63) is 47.5 Å². The van der Waals surface area contributed by atoms with E-state index in [1.807, 2.05) is 29.9 Å². The minimum atomic E-state index is 0.0281. The number of aromatic amines is 1. The van der Waals surface area contributed by atoms with E-state index in [0.29, 0.717) is 12.5 Å². The molecule has 4 rings (SSSR count). The summed E-state index contributed by atoms with van der Waals surface area (Å²) in [7, 11) is 1.81. The molecular weight excluding hydrogens is 340 g/mol. The van der Waals surface area contributed by atoms with Crippen LogP contribution in [-0.2, 0) is 17.9 Å². The Bertz CT molecular complexity index is 937. The SMILES string of the molecule is Cc1ccc2nc(CN(C)C(=O)Cn3nccc3[C@@H]3CCCNC3)[nH]c2c1. The summed E-state index contributed by atoms with van der Waals surface area (Å²) in [6.45, 7) is 4.79. The smallest absolute Gasteiger partial charge is 0.244 e. The zero-order chi connectivity index (χ0) is 18.8. The van der Waals surface area contributed by atoms with E-state index in [1.54, 1.807) is 11.1 Å². The molecule has 0 aliphatic carbocycles. The zero-order valence-electron chi connectivity index (χ0n) is 15.9. The second-order valence-corrected chi connectivity index (χ2v) is 7.41. The molecule has 7 heteroatoms. The number of nitrogens with one attached hydrogen (secondary N) is 2. The number of hydrogen-bond donors (Lipinski definition) is 2. The first kappa shape index (κ1) is 17.7. The van der Waals surface area contributed by atoms with Crippen LogP contribution >= 0.6 is 0 Å². The van der Waals surface area contributed by atoms with Crippen molar-refractivity contribution >= 4 is 16.9 Å². The number of imidazole rings is 1. The zero-order valence-corrected chi connectivity index (χ0v) is 15.9. The lowest BCUT2D eigenvalue weighted by Crippen LogP contribution is -2.33. The van der Waals surface area contributed by atoms with Crippen LogP contribution in [0, 0.1) is 6.92 Å². The van der Waals surface area contributed by atoms with Crippen LogP contribution in [0.5, 0.6) is 0 Å². The topological polar surface area (TPSA) is 78.8 Å². The number of likely N-dealkylation sites (N-methyl/N-ethyl adjacent to an activating group) is 1. The quantitative estimate of drug-likeness (QED) is 0.726. The fourth-order valence-electron chi connectivity index (χ4n) is 3.74. The summed E-state index contributed by atoms with van der Waals surface area (Å²) >= 11 is 0. The van der Waals surface area contributed by atoms with E-state index in [2.05, 4.69) is 33.4 Å². The average Bonchev–Trinajstić information content (AvgIpc) is 3.28. The molecular formula is C20H26N6O. The summed E-state index contributed by atoms with van der Waals surface area (Å²) in [5, 5.41) is 7.81. The number of carbonyl (C=O) groups is 1. The van der Waals surface area contributed by atoms with Gasteiger partial charge in [0, 0.05) is 31.4 Å². The van der Waals surface area contributed by atoms with Gasteiger partial charge in [0.05, 0.1) is 17.6 Å². The third-order valence-electron chi connectivity index (χ3n) is 5.25. The highest BCUT2D eigenvalue weighted by molar-refractivity contribution is 5.77. The molecule has 1 fully saturated rings. The van der Waals surface area contributed by atoms with Crippen LogP contribution in [-0.4, -0.2) is 50.7 Å². The molecule has 3 heterocycles. The van der Waals surface area contributed by atoms with Crippen molar-refractivity contribution in [2.24, 2.45) is 0 Å². The Hall–Kier alpha value is -2.67. The number of H-pyrrole nitrogens is 1. The third-order valence-corrected chi connectivity index (χ3v) is 5.25. The van der Waals surface area contributed by atoms with Gasteiger partial charge in [-0.05, 0) is 50.1 Å². The van der Waals surface area contributed by atoms with Gasteiger partial charge in [-0.3, -0.25) is 9.48 Å². The predicted octanol–water partition coefficient (Wildman–Crippen LogP) is 2.19. The lowest BCUT2D eigenvalue weighted by atomic mass is 9.96. The van der Waals surface area contributed by atoms with Gasteiger partial charge in [0.2, 0.25) is 5.91 Å². The van der Waals surface area contributed by atoms with E-state index in [4.69, 9.17) is 0 Å². The molecule has 1 amide bonds. The first-order chi connectivity index (χ1) is 13.1. The lowest BCUT2D eigenvalue weighted by Gasteiger charge is -2.24. The van der Waals surface area contributed by atoms with Gasteiger partial charge in [-0.15, -0.1) is 0 Å². The number of amides is 1. The second-order valence-electron chi connectivity index (χ2n) is 7.41. The largest absolute Gasteiger partial charge is 0.340 e. The van der Waals surface area contributed by atoms with Gasteiger partial charge in [-0.1, -0.05) is 6.07 Å². The highest BCUT2D eigenvalue weighted by Crippen LogP contribution is 2.23. The summed E-state index contributed by atoms with van der Waals surface area (Å²) in [5.41, 5.74) is 4.26. The Morgan fingerprint density at radius 2 is 2.26 bits per heavy atom. The molecule has 0 unspecified atom stereocenters. The number of benzene rings is 1. The van der Waals surface area contributed by atoms with Gasteiger partial charge >= 0.3 is 0 Å². The maximum atomic E-state index is 12.7. The number of piperidine rings is 1. The molecule has 27 heavy (non-hydrogen) atoms. The fraction of sp³-hybridized carbons (Fsp3) is 0.450. The van der Waals surface area contributed by atoms with Crippen LogP contribution in [0.15, 0.2) is 30.5 Å². The minimum absolute atomic E-state index is 0.0281. The summed E-state index contributed by atoms with van der Waals surface area (Å²) in [6.07, 6.45) is 4.09. The molecule has 2 N–H and O–H groups in total. The molecule has 3 aromatic rings. The van der Waals surface area contributed by atoms with Crippen molar-refractivity contribution in [1.29, 1.82) is 0 Å². The van der Waals surface area contributed by atoms with E-state index >= 15 is 0 Å². The first-order valence-electron chi connectivity index (χ1n) is 9.52. The van der Waals surface area contributed by atoms with E-state index < -0.39 is 0 Å². The van der Waals surface area contributed by atoms with E-state index in [-0.39, 0.29) is 12.5 Å². The van der Waals surface area contributed by atoms with Gasteiger partial charge in [-0.2, -0.15) is 5.10 Å².